The molecule has 78 valence electrons. The first kappa shape index (κ1) is 12.6. The van der Waals surface area contributed by atoms with Crippen LogP contribution in [0.15, 0.2) is 0 Å². The van der Waals surface area contributed by atoms with Crippen molar-refractivity contribution in [3.63, 3.8) is 0 Å². The molecule has 0 aromatic heterocycles. The molecule has 0 fully saturated rings. The summed E-state index contributed by atoms with van der Waals surface area (Å²) in [5, 5.41) is 16.6. The first-order valence-corrected chi connectivity index (χ1v) is 4.73. The maximum Gasteiger partial charge on any atom is 0.375 e. The van der Waals surface area contributed by atoms with Gasteiger partial charge in [0.1, 0.15) is 0 Å². The lowest BCUT2D eigenvalue weighted by atomic mass is 10.3. The van der Waals surface area contributed by atoms with Crippen LogP contribution in [0.4, 0.5) is 8.78 Å². The average molecular weight is 214 g/mol. The second kappa shape index (κ2) is 4.76. The molecule has 0 saturated carbocycles. The molecule has 0 heterocycles. The summed E-state index contributed by atoms with van der Waals surface area (Å²) in [6.45, 7) is 3.03. The highest BCUT2D eigenvalue weighted by molar-refractivity contribution is 8.00. The molecule has 0 amide bonds. The molecule has 3 nitrogen and oxygen atoms in total. The quantitative estimate of drug-likeness (QED) is 0.722. The normalized spacial score (nSPS) is 16.7. The molecule has 0 aliphatic heterocycles. The molecule has 0 radical (unpaired) electrons. The van der Waals surface area contributed by atoms with Crippen LogP contribution < -0.4 is 0 Å². The molecule has 6 heteroatoms. The fourth-order valence-electron chi connectivity index (χ4n) is 0.437. The van der Waals surface area contributed by atoms with E-state index in [-0.39, 0.29) is 0 Å². The van der Waals surface area contributed by atoms with E-state index in [9.17, 15) is 13.6 Å². The smallest absolute Gasteiger partial charge is 0.375 e. The number of aliphatic hydroxyl groups excluding tert-OH is 1. The third-order valence-corrected chi connectivity index (χ3v) is 2.97. The fourth-order valence-corrected chi connectivity index (χ4v) is 1.31. The Hall–Kier alpha value is -0.360. The molecule has 2 unspecified atom stereocenters. The predicted molar refractivity (Wildman–Crippen MR) is 46.2 cm³/mol. The van der Waals surface area contributed by atoms with Crippen LogP contribution in [0.5, 0.6) is 0 Å². The molecule has 2 N–H and O–H groups in total. The van der Waals surface area contributed by atoms with Gasteiger partial charge in [-0.2, -0.15) is 8.78 Å². The number of halogens is 2. The van der Waals surface area contributed by atoms with Gasteiger partial charge in [0.25, 0.3) is 0 Å². The van der Waals surface area contributed by atoms with Crippen molar-refractivity contribution >= 4 is 17.7 Å². The Kier molecular flexibility index (Phi) is 4.63. The summed E-state index contributed by atoms with van der Waals surface area (Å²) in [6, 6.07) is 0. The number of alkyl halides is 2. The number of carbonyl (C=O) groups is 1. The molecule has 0 rings (SSSR count). The van der Waals surface area contributed by atoms with Gasteiger partial charge in [-0.1, -0.05) is 6.92 Å². The van der Waals surface area contributed by atoms with E-state index in [1.807, 2.05) is 0 Å². The second-order valence-corrected chi connectivity index (χ2v) is 4.13. The molecule has 2 atom stereocenters. The summed E-state index contributed by atoms with van der Waals surface area (Å²) in [5.74, 6) is -6.65. The van der Waals surface area contributed by atoms with E-state index in [2.05, 4.69) is 0 Å². The van der Waals surface area contributed by atoms with Crippen molar-refractivity contribution in [3.8, 4) is 0 Å². The van der Waals surface area contributed by atoms with Crippen molar-refractivity contribution in [2.45, 2.75) is 31.1 Å². The van der Waals surface area contributed by atoms with Crippen LogP contribution in [-0.4, -0.2) is 39.2 Å². The number of rotatable bonds is 5. The fraction of sp³-hybridized carbons (Fsp3) is 0.857. The molecule has 13 heavy (non-hydrogen) atoms. The number of thioether (sulfide) groups is 1. The van der Waals surface area contributed by atoms with E-state index in [1.165, 1.54) is 6.92 Å². The number of hydrogen-bond acceptors (Lipinski definition) is 3. The van der Waals surface area contributed by atoms with Crippen molar-refractivity contribution in [1.82, 2.24) is 0 Å². The summed E-state index contributed by atoms with van der Waals surface area (Å²) >= 11 is 0.739. The highest BCUT2D eigenvalue weighted by Crippen LogP contribution is 2.24. The van der Waals surface area contributed by atoms with Gasteiger partial charge in [0.15, 0.2) is 0 Å². The van der Waals surface area contributed by atoms with Crippen LogP contribution in [0.3, 0.4) is 0 Å². The van der Waals surface area contributed by atoms with Crippen LogP contribution in [0.25, 0.3) is 0 Å². The second-order valence-electron chi connectivity index (χ2n) is 2.77. The molecular weight excluding hydrogens is 202 g/mol. The van der Waals surface area contributed by atoms with Gasteiger partial charge in [0.05, 0.1) is 11.9 Å². The van der Waals surface area contributed by atoms with Gasteiger partial charge in [-0.15, -0.1) is 11.8 Å². The minimum absolute atomic E-state index is 0.398. The minimum Gasteiger partial charge on any atom is -0.477 e. The van der Waals surface area contributed by atoms with Crippen molar-refractivity contribution in [1.29, 1.82) is 0 Å². The SMILES string of the molecule is CC(O)C(C)SCC(F)(F)C(=O)O. The maximum atomic E-state index is 12.5. The Labute approximate surface area is 79.1 Å². The Morgan fingerprint density at radius 3 is 2.31 bits per heavy atom. The highest BCUT2D eigenvalue weighted by atomic mass is 32.2. The molecule has 0 aliphatic carbocycles. The van der Waals surface area contributed by atoms with Crippen molar-refractivity contribution in [3.05, 3.63) is 0 Å². The number of aliphatic hydroxyl groups is 1. The number of carboxylic acids is 1. The average Bonchev–Trinajstić information content (AvgIpc) is 1.99. The molecule has 0 aliphatic rings. The monoisotopic (exact) mass is 214 g/mol. The van der Waals surface area contributed by atoms with Gasteiger partial charge in [-0.05, 0) is 6.92 Å². The van der Waals surface area contributed by atoms with Crippen LogP contribution in [0.1, 0.15) is 13.8 Å². The Morgan fingerprint density at radius 1 is 1.54 bits per heavy atom. The predicted octanol–water partition coefficient (Wildman–Crippen LogP) is 1.21. The first-order valence-electron chi connectivity index (χ1n) is 3.68. The van der Waals surface area contributed by atoms with Crippen LogP contribution >= 0.6 is 11.8 Å². The Balaban J connectivity index is 3.95. The number of hydrogen-bond donors (Lipinski definition) is 2. The lowest BCUT2D eigenvalue weighted by Gasteiger charge is -2.16. The lowest BCUT2D eigenvalue weighted by molar-refractivity contribution is -0.161. The van der Waals surface area contributed by atoms with E-state index >= 15 is 0 Å². The van der Waals surface area contributed by atoms with E-state index in [1.54, 1.807) is 6.92 Å². The summed E-state index contributed by atoms with van der Waals surface area (Å²) in [4.78, 5) is 9.98. The lowest BCUT2D eigenvalue weighted by Crippen LogP contribution is -2.32. The molecular formula is C7H12F2O3S. The largest absolute Gasteiger partial charge is 0.477 e. The standard InChI is InChI=1S/C7H12F2O3S/c1-4(10)5(2)13-3-7(8,9)6(11)12/h4-5,10H,3H2,1-2H3,(H,11,12). The van der Waals surface area contributed by atoms with E-state index in [0.717, 1.165) is 11.8 Å². The zero-order chi connectivity index (χ0) is 10.6. The summed E-state index contributed by atoms with van der Waals surface area (Å²) in [6.07, 6.45) is -0.727. The van der Waals surface area contributed by atoms with E-state index in [4.69, 9.17) is 10.2 Å². The van der Waals surface area contributed by atoms with Gasteiger partial charge < -0.3 is 10.2 Å². The Bertz CT molecular complexity index is 185. The summed E-state index contributed by atoms with van der Waals surface area (Å²) in [5.41, 5.74) is 0. The topological polar surface area (TPSA) is 57.5 Å². The van der Waals surface area contributed by atoms with Crippen LogP contribution in [0.2, 0.25) is 0 Å². The molecule has 0 spiro atoms. The van der Waals surface area contributed by atoms with Crippen molar-refractivity contribution < 1.29 is 23.8 Å². The molecule has 0 aromatic rings. The van der Waals surface area contributed by atoms with Crippen LogP contribution in [-0.2, 0) is 4.79 Å². The minimum atomic E-state index is -3.71. The van der Waals surface area contributed by atoms with Crippen molar-refractivity contribution in [2.75, 3.05) is 5.75 Å². The van der Waals surface area contributed by atoms with Gasteiger partial charge >= 0.3 is 11.9 Å². The zero-order valence-corrected chi connectivity index (χ0v) is 8.15. The molecule has 0 aromatic carbocycles. The van der Waals surface area contributed by atoms with E-state index < -0.39 is 29.0 Å². The molecule has 0 saturated heterocycles. The summed E-state index contributed by atoms with van der Waals surface area (Å²) in [7, 11) is 0. The zero-order valence-electron chi connectivity index (χ0n) is 7.33. The third-order valence-electron chi connectivity index (χ3n) is 1.52. The van der Waals surface area contributed by atoms with Gasteiger partial charge in [-0.3, -0.25) is 0 Å². The highest BCUT2D eigenvalue weighted by Gasteiger charge is 2.39. The van der Waals surface area contributed by atoms with Crippen LogP contribution in [0, 0.1) is 0 Å². The van der Waals surface area contributed by atoms with Crippen molar-refractivity contribution in [2.24, 2.45) is 0 Å². The third kappa shape index (κ3) is 4.42. The molecule has 0 bridgehead atoms. The number of aliphatic carboxylic acids is 1. The summed E-state index contributed by atoms with van der Waals surface area (Å²) < 4.78 is 24.9. The van der Waals surface area contributed by atoms with E-state index in [0.29, 0.717) is 0 Å². The first-order chi connectivity index (χ1) is 5.77. The maximum absolute atomic E-state index is 12.5. The Morgan fingerprint density at radius 2 is 2.00 bits per heavy atom. The van der Waals surface area contributed by atoms with Gasteiger partial charge in [0, 0.05) is 5.25 Å². The number of carboxylic acid groups (broad SMARTS) is 1. The van der Waals surface area contributed by atoms with Gasteiger partial charge in [-0.25, -0.2) is 4.79 Å². The van der Waals surface area contributed by atoms with Gasteiger partial charge in [0.2, 0.25) is 0 Å².